The molecule has 122 valence electrons. The van der Waals surface area contributed by atoms with Gasteiger partial charge >= 0.3 is 6.03 Å². The molecule has 0 aromatic heterocycles. The van der Waals surface area contributed by atoms with Gasteiger partial charge in [0.1, 0.15) is 6.54 Å². The predicted molar refractivity (Wildman–Crippen MR) is 76.8 cm³/mol. The molecule has 3 rings (SSSR count). The fourth-order valence-corrected chi connectivity index (χ4v) is 2.96. The third-order valence-corrected chi connectivity index (χ3v) is 4.35. The lowest BCUT2D eigenvalue weighted by molar-refractivity contribution is -0.128. The molecule has 1 unspecified atom stereocenters. The zero-order valence-electron chi connectivity index (χ0n) is 12.8. The smallest absolute Gasteiger partial charge is 0.319 e. The third kappa shape index (κ3) is 3.16. The van der Waals surface area contributed by atoms with Gasteiger partial charge in [0, 0.05) is 32.7 Å². The van der Waals surface area contributed by atoms with Gasteiger partial charge in [-0.05, 0) is 12.8 Å². The molecule has 3 aliphatic rings. The van der Waals surface area contributed by atoms with Gasteiger partial charge < -0.3 is 19.9 Å². The Labute approximate surface area is 129 Å². The summed E-state index contributed by atoms with van der Waals surface area (Å²) in [6.45, 7) is 1.89. The lowest BCUT2D eigenvalue weighted by atomic mass is 10.2. The van der Waals surface area contributed by atoms with Crippen molar-refractivity contribution in [3.8, 4) is 0 Å². The minimum Gasteiger partial charge on any atom is -0.383 e. The molecule has 1 atom stereocenters. The summed E-state index contributed by atoms with van der Waals surface area (Å²) in [4.78, 5) is 40.9. The molecule has 4 amide bonds. The van der Waals surface area contributed by atoms with Gasteiger partial charge in [0.25, 0.3) is 0 Å². The molecule has 0 bridgehead atoms. The van der Waals surface area contributed by atoms with E-state index in [1.165, 1.54) is 4.90 Å². The van der Waals surface area contributed by atoms with Crippen molar-refractivity contribution in [3.63, 3.8) is 0 Å². The van der Waals surface area contributed by atoms with Gasteiger partial charge in [-0.25, -0.2) is 4.79 Å². The van der Waals surface area contributed by atoms with Crippen molar-refractivity contribution >= 4 is 17.8 Å². The highest BCUT2D eigenvalue weighted by Crippen LogP contribution is 2.30. The first-order valence-corrected chi connectivity index (χ1v) is 7.70. The monoisotopic (exact) mass is 310 g/mol. The first-order chi connectivity index (χ1) is 10.6. The van der Waals surface area contributed by atoms with Crippen LogP contribution in [0.15, 0.2) is 0 Å². The lowest BCUT2D eigenvalue weighted by Crippen LogP contribution is -2.45. The second kappa shape index (κ2) is 6.12. The van der Waals surface area contributed by atoms with E-state index in [-0.39, 0.29) is 37.1 Å². The van der Waals surface area contributed by atoms with Gasteiger partial charge in [0.15, 0.2) is 0 Å². The molecule has 2 saturated heterocycles. The Morgan fingerprint density at radius 3 is 2.77 bits per heavy atom. The molecule has 2 heterocycles. The number of nitrogens with one attached hydrogen (secondary N) is 1. The Balaban J connectivity index is 1.48. The third-order valence-electron chi connectivity index (χ3n) is 4.35. The summed E-state index contributed by atoms with van der Waals surface area (Å²) in [5.74, 6) is 0.0429. The van der Waals surface area contributed by atoms with Gasteiger partial charge in [-0.2, -0.15) is 0 Å². The Morgan fingerprint density at radius 1 is 1.32 bits per heavy atom. The summed E-state index contributed by atoms with van der Waals surface area (Å²) in [5.41, 5.74) is 0. The van der Waals surface area contributed by atoms with Crippen LogP contribution in [0.4, 0.5) is 4.79 Å². The fourth-order valence-electron chi connectivity index (χ4n) is 2.96. The summed E-state index contributed by atoms with van der Waals surface area (Å²) in [7, 11) is 1.58. The van der Waals surface area contributed by atoms with Crippen molar-refractivity contribution in [2.45, 2.75) is 31.3 Å². The summed E-state index contributed by atoms with van der Waals surface area (Å²) in [5, 5.41) is 2.88. The molecule has 22 heavy (non-hydrogen) atoms. The first kappa shape index (κ1) is 15.1. The molecule has 1 N–H and O–H groups in total. The predicted octanol–water partition coefficient (Wildman–Crippen LogP) is -0.793. The number of ether oxygens (including phenoxy) is 1. The number of methoxy groups -OCH3 is 1. The highest BCUT2D eigenvalue weighted by Gasteiger charge is 2.40. The van der Waals surface area contributed by atoms with E-state index in [9.17, 15) is 14.4 Å². The van der Waals surface area contributed by atoms with Crippen LogP contribution >= 0.6 is 0 Å². The number of amides is 4. The summed E-state index contributed by atoms with van der Waals surface area (Å²) in [6, 6.07) is -0.0419. The van der Waals surface area contributed by atoms with E-state index in [1.54, 1.807) is 12.0 Å². The van der Waals surface area contributed by atoms with E-state index in [1.807, 2.05) is 4.90 Å². The van der Waals surface area contributed by atoms with Crippen LogP contribution < -0.4 is 5.32 Å². The highest BCUT2D eigenvalue weighted by atomic mass is 16.5. The zero-order chi connectivity index (χ0) is 15.7. The highest BCUT2D eigenvalue weighted by molar-refractivity contribution is 5.88. The number of rotatable bonds is 5. The van der Waals surface area contributed by atoms with Gasteiger partial charge in [-0.3, -0.25) is 14.5 Å². The number of carbonyl (C=O) groups excluding carboxylic acids is 3. The van der Waals surface area contributed by atoms with Crippen LogP contribution in [-0.4, -0.2) is 84.6 Å². The van der Waals surface area contributed by atoms with Crippen molar-refractivity contribution in [1.29, 1.82) is 0 Å². The Bertz CT molecular complexity index is 479. The molecule has 1 saturated carbocycles. The molecule has 3 fully saturated rings. The Kier molecular flexibility index (Phi) is 4.19. The van der Waals surface area contributed by atoms with Crippen LogP contribution in [0.25, 0.3) is 0 Å². The SMILES string of the molecule is COCCN1CN(C(=O)NC2CC(=O)N(C3CC3)C2)CC1=O. The Morgan fingerprint density at radius 2 is 2.09 bits per heavy atom. The topological polar surface area (TPSA) is 82.2 Å². The molecule has 1 aliphatic carbocycles. The van der Waals surface area contributed by atoms with Crippen LogP contribution in [0, 0.1) is 0 Å². The minimum absolute atomic E-state index is 0.0747. The fraction of sp³-hybridized carbons (Fsp3) is 0.786. The first-order valence-electron chi connectivity index (χ1n) is 7.70. The van der Waals surface area contributed by atoms with Crippen LogP contribution in [0.3, 0.4) is 0 Å². The van der Waals surface area contributed by atoms with E-state index >= 15 is 0 Å². The maximum atomic E-state index is 12.2. The van der Waals surface area contributed by atoms with E-state index < -0.39 is 0 Å². The number of urea groups is 1. The van der Waals surface area contributed by atoms with Crippen LogP contribution in [-0.2, 0) is 14.3 Å². The summed E-state index contributed by atoms with van der Waals surface area (Å²) < 4.78 is 4.95. The normalized spacial score (nSPS) is 25.3. The molecule has 0 spiro atoms. The van der Waals surface area contributed by atoms with Crippen molar-refractivity contribution in [2.75, 3.05) is 40.0 Å². The lowest BCUT2D eigenvalue weighted by Gasteiger charge is -2.21. The quantitative estimate of drug-likeness (QED) is 0.721. The minimum atomic E-state index is -0.274. The number of hydrogen-bond donors (Lipinski definition) is 1. The Hall–Kier alpha value is -1.83. The second-order valence-electron chi connectivity index (χ2n) is 6.12. The number of carbonyl (C=O) groups is 3. The van der Waals surface area contributed by atoms with Gasteiger partial charge in [0.05, 0.1) is 19.3 Å². The van der Waals surface area contributed by atoms with Crippen molar-refractivity contribution in [2.24, 2.45) is 0 Å². The molecule has 2 aliphatic heterocycles. The number of nitrogens with zero attached hydrogens (tertiary/aromatic N) is 3. The molecule has 8 heteroatoms. The molecule has 8 nitrogen and oxygen atoms in total. The molecule has 0 aromatic carbocycles. The van der Waals surface area contributed by atoms with E-state index in [0.29, 0.717) is 32.2 Å². The van der Waals surface area contributed by atoms with Gasteiger partial charge in [-0.15, -0.1) is 0 Å². The van der Waals surface area contributed by atoms with Gasteiger partial charge in [-0.1, -0.05) is 0 Å². The van der Waals surface area contributed by atoms with Crippen LogP contribution in [0.5, 0.6) is 0 Å². The second-order valence-corrected chi connectivity index (χ2v) is 6.12. The van der Waals surface area contributed by atoms with Crippen LogP contribution in [0.1, 0.15) is 19.3 Å². The molecule has 0 aromatic rings. The number of likely N-dealkylation sites (tertiary alicyclic amines) is 1. The van der Waals surface area contributed by atoms with E-state index in [4.69, 9.17) is 4.74 Å². The maximum absolute atomic E-state index is 12.2. The average Bonchev–Trinajstić information content (AvgIpc) is 3.16. The molecular formula is C14H22N4O4. The van der Waals surface area contributed by atoms with E-state index in [0.717, 1.165) is 12.8 Å². The standard InChI is InChI=1S/C14H22N4O4/c1-22-5-4-16-9-17(8-13(16)20)14(21)15-10-6-12(19)18(7-10)11-2-3-11/h10-11H,2-9H2,1H3,(H,15,21). The molecule has 0 radical (unpaired) electrons. The molecular weight excluding hydrogens is 288 g/mol. The largest absolute Gasteiger partial charge is 0.383 e. The maximum Gasteiger partial charge on any atom is 0.319 e. The van der Waals surface area contributed by atoms with Crippen molar-refractivity contribution < 1.29 is 19.1 Å². The average molecular weight is 310 g/mol. The van der Waals surface area contributed by atoms with Crippen LogP contribution in [0.2, 0.25) is 0 Å². The van der Waals surface area contributed by atoms with E-state index in [2.05, 4.69) is 5.32 Å². The van der Waals surface area contributed by atoms with Crippen molar-refractivity contribution in [3.05, 3.63) is 0 Å². The zero-order valence-corrected chi connectivity index (χ0v) is 12.8. The van der Waals surface area contributed by atoms with Gasteiger partial charge in [0.2, 0.25) is 11.8 Å². The van der Waals surface area contributed by atoms with Crippen molar-refractivity contribution in [1.82, 2.24) is 20.0 Å². The summed E-state index contributed by atoms with van der Waals surface area (Å²) in [6.07, 6.45) is 2.50. The summed E-state index contributed by atoms with van der Waals surface area (Å²) >= 11 is 0. The number of hydrogen-bond acceptors (Lipinski definition) is 4.